The fourth-order valence-corrected chi connectivity index (χ4v) is 8.45. The Bertz CT molecular complexity index is 707. The van der Waals surface area contributed by atoms with Gasteiger partial charge in [-0.25, -0.2) is 0 Å². The Morgan fingerprint density at radius 3 is 2.67 bits per heavy atom. The summed E-state index contributed by atoms with van der Waals surface area (Å²) in [6, 6.07) is 0. The highest BCUT2D eigenvalue weighted by Crippen LogP contribution is 2.75. The van der Waals surface area contributed by atoms with Crippen molar-refractivity contribution in [3.8, 4) is 0 Å². The van der Waals surface area contributed by atoms with E-state index in [2.05, 4.69) is 6.92 Å². The zero-order chi connectivity index (χ0) is 19.2. The number of aliphatic hydroxyl groups is 3. The molecule has 4 saturated carbocycles. The fourth-order valence-electron chi connectivity index (χ4n) is 8.45. The van der Waals surface area contributed by atoms with Crippen LogP contribution in [0.2, 0.25) is 0 Å². The van der Waals surface area contributed by atoms with E-state index in [4.69, 9.17) is 4.74 Å². The predicted octanol–water partition coefficient (Wildman–Crippen LogP) is 1.34. The first kappa shape index (κ1) is 18.2. The molecule has 5 aliphatic rings. The van der Waals surface area contributed by atoms with Gasteiger partial charge in [-0.2, -0.15) is 0 Å². The lowest BCUT2D eigenvalue weighted by atomic mass is 9.42. The minimum atomic E-state index is -1.18. The second kappa shape index (κ2) is 5.41. The van der Waals surface area contributed by atoms with Crippen LogP contribution in [0.1, 0.15) is 64.7 Å². The molecule has 3 N–H and O–H groups in total. The number of hydrogen-bond acceptors (Lipinski definition) is 6. The van der Waals surface area contributed by atoms with E-state index >= 15 is 0 Å². The molecule has 0 aromatic heterocycles. The smallest absolute Gasteiger partial charge is 0.164 e. The molecule has 2 bridgehead atoms. The van der Waals surface area contributed by atoms with E-state index in [-0.39, 0.29) is 41.2 Å². The van der Waals surface area contributed by atoms with Gasteiger partial charge in [-0.3, -0.25) is 9.59 Å². The third kappa shape index (κ3) is 1.91. The summed E-state index contributed by atoms with van der Waals surface area (Å²) in [5, 5.41) is 32.0. The van der Waals surface area contributed by atoms with E-state index < -0.39 is 29.5 Å². The van der Waals surface area contributed by atoms with Crippen LogP contribution in [0.3, 0.4) is 0 Å². The summed E-state index contributed by atoms with van der Waals surface area (Å²) in [7, 11) is 0. The molecule has 1 aliphatic heterocycles. The quantitative estimate of drug-likeness (QED) is 0.670. The third-order valence-corrected chi connectivity index (χ3v) is 9.53. The standard InChI is InChI=1S/C21H30O6/c1-18-6-5-16-20-7-4-12(23)10-19(20,26)8-9-21(16,27-17(20)25)15(18)3-2-13(18)14(24)11-22/h13,15-17,22,25-26H,2-11H2,1H3/t13-,15-,16-,17+,18-,19+,20-,21-/m0/s1. The van der Waals surface area contributed by atoms with Gasteiger partial charge in [-0.1, -0.05) is 6.92 Å². The number of carbonyl (C=O) groups is 2. The van der Waals surface area contributed by atoms with Crippen molar-refractivity contribution in [1.82, 2.24) is 0 Å². The Hall–Kier alpha value is -0.820. The SMILES string of the molecule is C[C@@]12CC[C@@H]3[C@]4(CC[C@@]5(O)CC(=O)CC[C@@]35[C@H](O)O4)[C@H]1CC[C@H]2C(=O)CO. The Morgan fingerprint density at radius 1 is 1.15 bits per heavy atom. The highest BCUT2D eigenvalue weighted by molar-refractivity contribution is 5.83. The Labute approximate surface area is 159 Å². The van der Waals surface area contributed by atoms with E-state index in [0.717, 1.165) is 25.7 Å². The van der Waals surface area contributed by atoms with Gasteiger partial charge in [0.05, 0.1) is 16.6 Å². The lowest BCUT2D eigenvalue weighted by Gasteiger charge is -2.62. The van der Waals surface area contributed by atoms with Crippen molar-refractivity contribution in [3.63, 3.8) is 0 Å². The van der Waals surface area contributed by atoms with Gasteiger partial charge in [0.2, 0.25) is 0 Å². The minimum Gasteiger partial charge on any atom is -0.389 e. The molecular formula is C21H30O6. The van der Waals surface area contributed by atoms with Gasteiger partial charge in [-0.15, -0.1) is 0 Å². The number of hydrogen-bond donors (Lipinski definition) is 3. The molecule has 0 aromatic rings. The van der Waals surface area contributed by atoms with Crippen LogP contribution in [0.4, 0.5) is 0 Å². The summed E-state index contributed by atoms with van der Waals surface area (Å²) < 4.78 is 6.39. The molecule has 8 atom stereocenters. The van der Waals surface area contributed by atoms with Crippen LogP contribution in [0.25, 0.3) is 0 Å². The maximum atomic E-state index is 12.4. The average Bonchev–Trinajstić information content (AvgIpc) is 3.07. The number of Topliss-reactive ketones (excluding diaryl/α,β-unsaturated/α-hetero) is 2. The Balaban J connectivity index is 1.58. The number of ketones is 2. The van der Waals surface area contributed by atoms with Gasteiger partial charge in [-0.05, 0) is 56.3 Å². The maximum Gasteiger partial charge on any atom is 0.164 e. The molecule has 6 heteroatoms. The summed E-state index contributed by atoms with van der Waals surface area (Å²) in [5.74, 6) is -0.00856. The second-order valence-electron chi connectivity index (χ2n) is 10.1. The van der Waals surface area contributed by atoms with Crippen LogP contribution >= 0.6 is 0 Å². The van der Waals surface area contributed by atoms with Gasteiger partial charge < -0.3 is 20.1 Å². The van der Waals surface area contributed by atoms with Crippen molar-refractivity contribution in [2.45, 2.75) is 82.2 Å². The van der Waals surface area contributed by atoms with Crippen molar-refractivity contribution >= 4 is 11.6 Å². The maximum absolute atomic E-state index is 12.4. The molecule has 5 rings (SSSR count). The minimum absolute atomic E-state index is 0.0212. The second-order valence-corrected chi connectivity index (χ2v) is 10.1. The van der Waals surface area contributed by atoms with Gasteiger partial charge in [0.25, 0.3) is 0 Å². The summed E-state index contributed by atoms with van der Waals surface area (Å²) in [5.41, 5.74) is -2.70. The number of aliphatic hydroxyl groups excluding tert-OH is 2. The van der Waals surface area contributed by atoms with Gasteiger partial charge in [0, 0.05) is 24.7 Å². The fraction of sp³-hybridized carbons (Fsp3) is 0.905. The highest BCUT2D eigenvalue weighted by atomic mass is 16.6. The van der Waals surface area contributed by atoms with Crippen molar-refractivity contribution in [2.24, 2.45) is 28.6 Å². The third-order valence-electron chi connectivity index (χ3n) is 9.53. The normalized spacial score (nSPS) is 56.4. The largest absolute Gasteiger partial charge is 0.389 e. The van der Waals surface area contributed by atoms with E-state index in [1.807, 2.05) is 0 Å². The van der Waals surface area contributed by atoms with Crippen molar-refractivity contribution in [2.75, 3.05) is 6.61 Å². The van der Waals surface area contributed by atoms with Crippen molar-refractivity contribution in [1.29, 1.82) is 0 Å². The average molecular weight is 378 g/mol. The summed E-state index contributed by atoms with van der Waals surface area (Å²) >= 11 is 0. The highest BCUT2D eigenvalue weighted by Gasteiger charge is 2.79. The van der Waals surface area contributed by atoms with Gasteiger partial charge in [0.1, 0.15) is 12.4 Å². The number of carbonyl (C=O) groups excluding carboxylic acids is 2. The summed E-state index contributed by atoms with van der Waals surface area (Å²) in [6.07, 6.45) is 4.26. The molecule has 150 valence electrons. The molecule has 0 aromatic carbocycles. The van der Waals surface area contributed by atoms with Crippen LogP contribution in [0.15, 0.2) is 0 Å². The molecule has 1 saturated heterocycles. The molecule has 1 heterocycles. The van der Waals surface area contributed by atoms with Crippen LogP contribution in [0.5, 0.6) is 0 Å². The first-order valence-corrected chi connectivity index (χ1v) is 10.5. The first-order chi connectivity index (χ1) is 12.7. The molecule has 4 aliphatic carbocycles. The molecule has 0 amide bonds. The lowest BCUT2D eigenvalue weighted by Crippen LogP contribution is -2.67. The molecule has 0 radical (unpaired) electrons. The molecule has 5 fully saturated rings. The summed E-state index contributed by atoms with van der Waals surface area (Å²) in [6.45, 7) is 1.73. The molecular weight excluding hydrogens is 348 g/mol. The number of ether oxygens (including phenoxy) is 1. The van der Waals surface area contributed by atoms with Crippen LogP contribution in [-0.2, 0) is 14.3 Å². The topological polar surface area (TPSA) is 104 Å². The lowest BCUT2D eigenvalue weighted by molar-refractivity contribution is -0.214. The van der Waals surface area contributed by atoms with E-state index in [1.165, 1.54) is 0 Å². The van der Waals surface area contributed by atoms with Crippen LogP contribution in [-0.4, -0.2) is 51.0 Å². The zero-order valence-electron chi connectivity index (χ0n) is 15.9. The zero-order valence-corrected chi connectivity index (χ0v) is 15.9. The van der Waals surface area contributed by atoms with Gasteiger partial charge in [0.15, 0.2) is 12.1 Å². The monoisotopic (exact) mass is 378 g/mol. The number of rotatable bonds is 2. The molecule has 1 spiro atoms. The first-order valence-electron chi connectivity index (χ1n) is 10.5. The Morgan fingerprint density at radius 2 is 1.93 bits per heavy atom. The molecule has 6 nitrogen and oxygen atoms in total. The summed E-state index contributed by atoms with van der Waals surface area (Å²) in [4.78, 5) is 24.5. The number of fused-ring (bicyclic) bond motifs is 1. The van der Waals surface area contributed by atoms with Crippen LogP contribution < -0.4 is 0 Å². The predicted molar refractivity (Wildman–Crippen MR) is 94.4 cm³/mol. The van der Waals surface area contributed by atoms with Crippen molar-refractivity contribution in [3.05, 3.63) is 0 Å². The van der Waals surface area contributed by atoms with Gasteiger partial charge >= 0.3 is 0 Å². The Kier molecular flexibility index (Phi) is 3.65. The molecule has 27 heavy (non-hydrogen) atoms. The van der Waals surface area contributed by atoms with E-state index in [0.29, 0.717) is 25.7 Å². The van der Waals surface area contributed by atoms with E-state index in [9.17, 15) is 24.9 Å². The van der Waals surface area contributed by atoms with E-state index in [1.54, 1.807) is 0 Å². The molecule has 0 unspecified atom stereocenters. The van der Waals surface area contributed by atoms with Crippen molar-refractivity contribution < 1.29 is 29.6 Å². The van der Waals surface area contributed by atoms with Crippen LogP contribution in [0, 0.1) is 28.6 Å².